The van der Waals surface area contributed by atoms with Crippen LogP contribution < -0.4 is 5.73 Å². The van der Waals surface area contributed by atoms with Gasteiger partial charge >= 0.3 is 0 Å². The van der Waals surface area contributed by atoms with E-state index >= 15 is 0 Å². The van der Waals surface area contributed by atoms with E-state index in [1.54, 1.807) is 0 Å². The molecular weight excluding hydrogens is 240 g/mol. The Morgan fingerprint density at radius 2 is 2.29 bits per heavy atom. The average Bonchev–Trinajstić information content (AvgIpc) is 2.75. The molecule has 0 saturated carbocycles. The third-order valence-electron chi connectivity index (χ3n) is 3.37. The Labute approximate surface area is 101 Å². The topological polar surface area (TPSA) is 92.1 Å². The molecule has 1 aromatic heterocycles. The third kappa shape index (κ3) is 2.22. The Hall–Kier alpha value is -0.920. The Morgan fingerprint density at radius 1 is 1.59 bits per heavy atom. The summed E-state index contributed by atoms with van der Waals surface area (Å²) < 4.78 is 26.0. The SMILES string of the molecule is CC1(C)CN(S(=O)(=O)c2cnc[nH]2)CCC1N. The monoisotopic (exact) mass is 258 g/mol. The number of piperidine rings is 1. The quantitative estimate of drug-likeness (QED) is 0.790. The molecule has 96 valence electrons. The summed E-state index contributed by atoms with van der Waals surface area (Å²) in [5, 5.41) is 0.142. The molecule has 17 heavy (non-hydrogen) atoms. The molecule has 0 spiro atoms. The standard InChI is InChI=1S/C10H18N4O2S/c1-10(2)6-14(4-3-8(10)11)17(15,16)9-5-12-7-13-9/h5,7-8H,3-4,6,11H2,1-2H3,(H,12,13). The lowest BCUT2D eigenvalue weighted by Gasteiger charge is -2.41. The molecule has 0 aliphatic carbocycles. The summed E-state index contributed by atoms with van der Waals surface area (Å²) in [5.74, 6) is 0. The molecule has 2 heterocycles. The number of aromatic amines is 1. The number of imidazole rings is 1. The second-order valence-corrected chi connectivity index (χ2v) is 7.04. The van der Waals surface area contributed by atoms with E-state index in [1.165, 1.54) is 16.8 Å². The molecule has 1 aliphatic rings. The summed E-state index contributed by atoms with van der Waals surface area (Å²) in [6, 6.07) is 0.0377. The maximum absolute atomic E-state index is 12.3. The van der Waals surface area contributed by atoms with E-state index in [4.69, 9.17) is 5.73 Å². The normalized spacial score (nSPS) is 25.9. The summed E-state index contributed by atoms with van der Waals surface area (Å²) in [7, 11) is -3.45. The molecule has 6 nitrogen and oxygen atoms in total. The van der Waals surface area contributed by atoms with Gasteiger partial charge in [-0.05, 0) is 11.8 Å². The fourth-order valence-corrected chi connectivity index (χ4v) is 3.58. The average molecular weight is 258 g/mol. The van der Waals surface area contributed by atoms with Crippen LogP contribution in [0.5, 0.6) is 0 Å². The van der Waals surface area contributed by atoms with Gasteiger partial charge in [0.05, 0.1) is 12.5 Å². The number of hydrogen-bond donors (Lipinski definition) is 2. The molecule has 2 rings (SSSR count). The number of aromatic nitrogens is 2. The first-order valence-electron chi connectivity index (χ1n) is 5.58. The first-order valence-corrected chi connectivity index (χ1v) is 7.02. The molecule has 1 unspecified atom stereocenters. The summed E-state index contributed by atoms with van der Waals surface area (Å²) in [6.07, 6.45) is 3.38. The summed E-state index contributed by atoms with van der Waals surface area (Å²) in [4.78, 5) is 6.39. The minimum atomic E-state index is -3.45. The van der Waals surface area contributed by atoms with Crippen molar-refractivity contribution in [3.63, 3.8) is 0 Å². The molecule has 3 N–H and O–H groups in total. The maximum Gasteiger partial charge on any atom is 0.260 e. The van der Waals surface area contributed by atoms with E-state index in [1.807, 2.05) is 13.8 Å². The summed E-state index contributed by atoms with van der Waals surface area (Å²) in [6.45, 7) is 4.89. The van der Waals surface area contributed by atoms with Gasteiger partial charge in [-0.15, -0.1) is 0 Å². The van der Waals surface area contributed by atoms with Gasteiger partial charge in [-0.2, -0.15) is 4.31 Å². The van der Waals surface area contributed by atoms with E-state index < -0.39 is 10.0 Å². The van der Waals surface area contributed by atoms with Crippen LogP contribution in [-0.4, -0.2) is 41.8 Å². The lowest BCUT2D eigenvalue weighted by molar-refractivity contribution is 0.155. The van der Waals surface area contributed by atoms with Gasteiger partial charge in [-0.3, -0.25) is 0 Å². The predicted molar refractivity (Wildman–Crippen MR) is 63.7 cm³/mol. The molecule has 1 aliphatic heterocycles. The molecule has 1 fully saturated rings. The minimum Gasteiger partial charge on any atom is -0.335 e. The highest BCUT2D eigenvalue weighted by molar-refractivity contribution is 7.89. The van der Waals surface area contributed by atoms with Crippen LogP contribution in [0.25, 0.3) is 0 Å². The van der Waals surface area contributed by atoms with Crippen LogP contribution in [0.3, 0.4) is 0 Å². The largest absolute Gasteiger partial charge is 0.335 e. The number of nitrogens with one attached hydrogen (secondary N) is 1. The highest BCUT2D eigenvalue weighted by atomic mass is 32.2. The van der Waals surface area contributed by atoms with Gasteiger partial charge in [0.15, 0.2) is 5.03 Å². The van der Waals surface area contributed by atoms with Crippen molar-refractivity contribution < 1.29 is 8.42 Å². The first kappa shape index (κ1) is 12.5. The molecule has 7 heteroatoms. The number of sulfonamides is 1. The second-order valence-electron chi connectivity index (χ2n) is 5.14. The fraction of sp³-hybridized carbons (Fsp3) is 0.700. The number of nitrogens with zero attached hydrogens (tertiary/aromatic N) is 2. The lowest BCUT2D eigenvalue weighted by Crippen LogP contribution is -2.53. The Morgan fingerprint density at radius 3 is 2.82 bits per heavy atom. The van der Waals surface area contributed by atoms with Gasteiger partial charge in [0.1, 0.15) is 0 Å². The summed E-state index contributed by atoms with van der Waals surface area (Å²) >= 11 is 0. The number of H-pyrrole nitrogens is 1. The predicted octanol–water partition coefficient (Wildman–Crippen LogP) is 0.158. The van der Waals surface area contributed by atoms with Gasteiger partial charge in [-0.1, -0.05) is 13.8 Å². The van der Waals surface area contributed by atoms with Crippen molar-refractivity contribution in [1.82, 2.24) is 14.3 Å². The van der Waals surface area contributed by atoms with E-state index in [0.29, 0.717) is 19.5 Å². The molecule has 1 saturated heterocycles. The van der Waals surface area contributed by atoms with E-state index in [9.17, 15) is 8.42 Å². The van der Waals surface area contributed by atoms with Crippen molar-refractivity contribution in [3.05, 3.63) is 12.5 Å². The molecule has 0 aromatic carbocycles. The fourth-order valence-electron chi connectivity index (χ4n) is 2.05. The smallest absolute Gasteiger partial charge is 0.260 e. The Bertz CT molecular complexity index is 480. The van der Waals surface area contributed by atoms with Crippen LogP contribution in [0.15, 0.2) is 17.6 Å². The first-order chi connectivity index (χ1) is 7.84. The van der Waals surface area contributed by atoms with Crippen molar-refractivity contribution >= 4 is 10.0 Å². The maximum atomic E-state index is 12.3. The minimum absolute atomic E-state index is 0.0377. The van der Waals surface area contributed by atoms with Gasteiger partial charge in [0.25, 0.3) is 10.0 Å². The zero-order chi connectivity index (χ0) is 12.7. The molecule has 0 radical (unpaired) electrons. The van der Waals surface area contributed by atoms with Gasteiger partial charge in [-0.25, -0.2) is 13.4 Å². The van der Waals surface area contributed by atoms with Crippen molar-refractivity contribution in [2.24, 2.45) is 11.1 Å². The van der Waals surface area contributed by atoms with E-state index in [0.717, 1.165) is 0 Å². The highest BCUT2D eigenvalue weighted by Crippen LogP contribution is 2.30. The molecule has 1 aromatic rings. The van der Waals surface area contributed by atoms with Crippen molar-refractivity contribution in [3.8, 4) is 0 Å². The van der Waals surface area contributed by atoms with Crippen LogP contribution in [0.1, 0.15) is 20.3 Å². The lowest BCUT2D eigenvalue weighted by atomic mass is 9.81. The zero-order valence-corrected chi connectivity index (χ0v) is 10.9. The van der Waals surface area contributed by atoms with Crippen LogP contribution in [0.2, 0.25) is 0 Å². The Balaban J connectivity index is 2.25. The molecule has 0 amide bonds. The molecular formula is C10H18N4O2S. The molecule has 0 bridgehead atoms. The van der Waals surface area contributed by atoms with Crippen LogP contribution in [0, 0.1) is 5.41 Å². The van der Waals surface area contributed by atoms with Crippen LogP contribution >= 0.6 is 0 Å². The van der Waals surface area contributed by atoms with Crippen LogP contribution in [-0.2, 0) is 10.0 Å². The highest BCUT2D eigenvalue weighted by Gasteiger charge is 2.39. The van der Waals surface area contributed by atoms with Crippen molar-refractivity contribution in [2.45, 2.75) is 31.3 Å². The number of nitrogens with two attached hydrogens (primary N) is 1. The third-order valence-corrected chi connectivity index (χ3v) is 5.14. The van der Waals surface area contributed by atoms with Gasteiger partial charge < -0.3 is 10.7 Å². The summed E-state index contributed by atoms with van der Waals surface area (Å²) in [5.41, 5.74) is 5.79. The van der Waals surface area contributed by atoms with Crippen LogP contribution in [0.4, 0.5) is 0 Å². The zero-order valence-electron chi connectivity index (χ0n) is 10.0. The van der Waals surface area contributed by atoms with Gasteiger partial charge in [0.2, 0.25) is 0 Å². The van der Waals surface area contributed by atoms with Crippen molar-refractivity contribution in [1.29, 1.82) is 0 Å². The van der Waals surface area contributed by atoms with Gasteiger partial charge in [0, 0.05) is 19.1 Å². The second kappa shape index (κ2) is 4.08. The number of rotatable bonds is 2. The van der Waals surface area contributed by atoms with E-state index in [2.05, 4.69) is 9.97 Å². The van der Waals surface area contributed by atoms with E-state index in [-0.39, 0.29) is 16.5 Å². The number of hydrogen-bond acceptors (Lipinski definition) is 4. The molecule has 1 atom stereocenters. The van der Waals surface area contributed by atoms with Crippen molar-refractivity contribution in [2.75, 3.05) is 13.1 Å². The Kier molecular flexibility index (Phi) is 3.01.